The van der Waals surface area contributed by atoms with E-state index in [1.54, 1.807) is 23.6 Å². The zero-order chi connectivity index (χ0) is 15.4. The van der Waals surface area contributed by atoms with E-state index in [1.165, 1.54) is 5.56 Å². The monoisotopic (exact) mass is 310 g/mol. The van der Waals surface area contributed by atoms with Crippen molar-refractivity contribution in [2.45, 2.75) is 6.92 Å². The number of nitrogens with one attached hydrogen (secondary N) is 2. The van der Waals surface area contributed by atoms with Crippen LogP contribution in [0.25, 0.3) is 11.3 Å². The predicted octanol–water partition coefficient (Wildman–Crippen LogP) is 3.21. The van der Waals surface area contributed by atoms with Crippen molar-refractivity contribution >= 4 is 23.5 Å². The molecule has 1 amide bonds. The van der Waals surface area contributed by atoms with Crippen LogP contribution in [0, 0.1) is 6.92 Å². The number of aromatic nitrogens is 2. The van der Waals surface area contributed by atoms with Crippen LogP contribution in [0.4, 0.5) is 0 Å². The Morgan fingerprint density at radius 2 is 2.14 bits per heavy atom. The van der Waals surface area contributed by atoms with Crippen LogP contribution in [0.5, 0.6) is 0 Å². The molecule has 6 heteroatoms. The van der Waals surface area contributed by atoms with Crippen molar-refractivity contribution in [2.75, 3.05) is 0 Å². The van der Waals surface area contributed by atoms with Crippen molar-refractivity contribution in [1.29, 1.82) is 0 Å². The van der Waals surface area contributed by atoms with Gasteiger partial charge in [-0.15, -0.1) is 11.3 Å². The van der Waals surface area contributed by atoms with Crippen molar-refractivity contribution in [3.05, 3.63) is 64.0 Å². The first-order valence-corrected chi connectivity index (χ1v) is 7.60. The summed E-state index contributed by atoms with van der Waals surface area (Å²) in [6.45, 7) is 2.03. The summed E-state index contributed by atoms with van der Waals surface area (Å²) >= 11 is 1.55. The average molecular weight is 310 g/mol. The summed E-state index contributed by atoms with van der Waals surface area (Å²) in [5.74, 6) is -0.321. The quantitative estimate of drug-likeness (QED) is 0.574. The summed E-state index contributed by atoms with van der Waals surface area (Å²) in [5.41, 5.74) is 5.72. The number of carbonyl (C=O) groups is 1. The maximum atomic E-state index is 12.0. The van der Waals surface area contributed by atoms with Crippen LogP contribution in [-0.4, -0.2) is 22.3 Å². The lowest BCUT2D eigenvalue weighted by atomic mass is 10.1. The molecule has 110 valence electrons. The van der Waals surface area contributed by atoms with Gasteiger partial charge in [-0.25, -0.2) is 5.43 Å². The maximum absolute atomic E-state index is 12.0. The standard InChI is InChI=1S/C16H14N4OS/c1-11-4-6-12(7-5-11)14-9-15(19-18-14)16(21)20-17-10-13-3-2-8-22-13/h2-10H,1H3,(H,18,19)(H,20,21). The fourth-order valence-electron chi connectivity index (χ4n) is 1.89. The number of carbonyl (C=O) groups excluding carboxylic acids is 1. The first-order chi connectivity index (χ1) is 10.7. The second-order valence-electron chi connectivity index (χ2n) is 4.75. The SMILES string of the molecule is Cc1ccc(-c2cc(C(=O)NN=Cc3cccs3)[nH]n2)cc1. The van der Waals surface area contributed by atoms with Gasteiger partial charge in [0.15, 0.2) is 0 Å². The molecule has 2 heterocycles. The molecule has 0 saturated heterocycles. The minimum Gasteiger partial charge on any atom is -0.272 e. The molecule has 0 aliphatic heterocycles. The summed E-state index contributed by atoms with van der Waals surface area (Å²) in [6, 6.07) is 13.5. The minimum atomic E-state index is -0.321. The third kappa shape index (κ3) is 3.29. The molecule has 3 aromatic rings. The second kappa shape index (κ2) is 6.36. The van der Waals surface area contributed by atoms with Gasteiger partial charge in [0.25, 0.3) is 5.91 Å². The van der Waals surface area contributed by atoms with Crippen LogP contribution in [0.1, 0.15) is 20.9 Å². The Morgan fingerprint density at radius 1 is 1.32 bits per heavy atom. The van der Waals surface area contributed by atoms with Gasteiger partial charge in [0.1, 0.15) is 5.69 Å². The Balaban J connectivity index is 1.68. The van der Waals surface area contributed by atoms with Gasteiger partial charge in [-0.2, -0.15) is 10.2 Å². The number of H-pyrrole nitrogens is 1. The van der Waals surface area contributed by atoms with E-state index < -0.39 is 0 Å². The Hall–Kier alpha value is -2.73. The van der Waals surface area contributed by atoms with Crippen molar-refractivity contribution in [1.82, 2.24) is 15.6 Å². The summed E-state index contributed by atoms with van der Waals surface area (Å²) in [6.07, 6.45) is 1.61. The molecule has 1 aromatic carbocycles. The molecule has 0 radical (unpaired) electrons. The van der Waals surface area contributed by atoms with E-state index in [2.05, 4.69) is 20.7 Å². The van der Waals surface area contributed by atoms with Crippen LogP contribution < -0.4 is 5.43 Å². The fourth-order valence-corrected chi connectivity index (χ4v) is 2.47. The highest BCUT2D eigenvalue weighted by atomic mass is 32.1. The Morgan fingerprint density at radius 3 is 2.86 bits per heavy atom. The number of amides is 1. The smallest absolute Gasteiger partial charge is 0.272 e. The largest absolute Gasteiger partial charge is 0.289 e. The van der Waals surface area contributed by atoms with E-state index in [9.17, 15) is 4.79 Å². The summed E-state index contributed by atoms with van der Waals surface area (Å²) in [4.78, 5) is 13.0. The fraction of sp³-hybridized carbons (Fsp3) is 0.0625. The summed E-state index contributed by atoms with van der Waals surface area (Å²) in [5, 5.41) is 12.8. The van der Waals surface area contributed by atoms with Gasteiger partial charge >= 0.3 is 0 Å². The highest BCUT2D eigenvalue weighted by Gasteiger charge is 2.10. The van der Waals surface area contributed by atoms with Crippen molar-refractivity contribution in [2.24, 2.45) is 5.10 Å². The third-order valence-corrected chi connectivity index (χ3v) is 3.88. The molecule has 0 atom stereocenters. The second-order valence-corrected chi connectivity index (χ2v) is 5.73. The van der Waals surface area contributed by atoms with Crippen LogP contribution in [0.15, 0.2) is 52.9 Å². The molecule has 3 rings (SSSR count). The predicted molar refractivity (Wildman–Crippen MR) is 88.1 cm³/mol. The number of rotatable bonds is 4. The Labute approximate surface area is 131 Å². The highest BCUT2D eigenvalue weighted by molar-refractivity contribution is 7.11. The van der Waals surface area contributed by atoms with Gasteiger partial charge in [-0.1, -0.05) is 35.9 Å². The van der Waals surface area contributed by atoms with Crippen molar-refractivity contribution < 1.29 is 4.79 Å². The van der Waals surface area contributed by atoms with Gasteiger partial charge in [-0.05, 0) is 24.4 Å². The summed E-state index contributed by atoms with van der Waals surface area (Å²) < 4.78 is 0. The number of aryl methyl sites for hydroxylation is 1. The van der Waals surface area contributed by atoms with E-state index in [0.717, 1.165) is 16.1 Å². The molecular formula is C16H14N4OS. The number of hydrazone groups is 1. The molecule has 0 fully saturated rings. The summed E-state index contributed by atoms with van der Waals surface area (Å²) in [7, 11) is 0. The molecule has 22 heavy (non-hydrogen) atoms. The van der Waals surface area contributed by atoms with E-state index in [1.807, 2.05) is 48.7 Å². The van der Waals surface area contributed by atoms with Gasteiger partial charge in [0.05, 0.1) is 11.9 Å². The Kier molecular flexibility index (Phi) is 4.11. The van der Waals surface area contributed by atoms with Crippen molar-refractivity contribution in [3.63, 3.8) is 0 Å². The van der Waals surface area contributed by atoms with Crippen LogP contribution in [-0.2, 0) is 0 Å². The Bertz CT molecular complexity index is 788. The van der Waals surface area contributed by atoms with E-state index >= 15 is 0 Å². The van der Waals surface area contributed by atoms with Gasteiger partial charge in [0, 0.05) is 10.4 Å². The molecule has 0 aliphatic carbocycles. The van der Waals surface area contributed by atoms with Crippen LogP contribution >= 0.6 is 11.3 Å². The third-order valence-electron chi connectivity index (χ3n) is 3.07. The molecule has 0 aliphatic rings. The first kappa shape index (κ1) is 14.2. The lowest BCUT2D eigenvalue weighted by Crippen LogP contribution is -2.17. The van der Waals surface area contributed by atoms with Gasteiger partial charge in [0.2, 0.25) is 0 Å². The number of benzene rings is 1. The molecule has 0 bridgehead atoms. The number of hydrogen-bond donors (Lipinski definition) is 2. The number of hydrogen-bond acceptors (Lipinski definition) is 4. The molecule has 2 N–H and O–H groups in total. The lowest BCUT2D eigenvalue weighted by Gasteiger charge is -1.96. The zero-order valence-corrected chi connectivity index (χ0v) is 12.7. The molecule has 0 saturated carbocycles. The molecule has 0 unspecified atom stereocenters. The molecule has 2 aromatic heterocycles. The molecule has 0 spiro atoms. The first-order valence-electron chi connectivity index (χ1n) is 6.72. The highest BCUT2D eigenvalue weighted by Crippen LogP contribution is 2.18. The average Bonchev–Trinajstić information content (AvgIpc) is 3.19. The minimum absolute atomic E-state index is 0.321. The van der Waals surface area contributed by atoms with Crippen molar-refractivity contribution in [3.8, 4) is 11.3 Å². The zero-order valence-electron chi connectivity index (χ0n) is 11.9. The van der Waals surface area contributed by atoms with Gasteiger partial charge in [-0.3, -0.25) is 9.89 Å². The molecule has 5 nitrogen and oxygen atoms in total. The normalized spacial score (nSPS) is 11.0. The topological polar surface area (TPSA) is 70.1 Å². The number of nitrogens with zero attached hydrogens (tertiary/aromatic N) is 2. The van der Waals surface area contributed by atoms with E-state index in [-0.39, 0.29) is 5.91 Å². The molecular weight excluding hydrogens is 296 g/mol. The number of aromatic amines is 1. The maximum Gasteiger partial charge on any atom is 0.289 e. The van der Waals surface area contributed by atoms with Crippen LogP contribution in [0.2, 0.25) is 0 Å². The van der Waals surface area contributed by atoms with Crippen LogP contribution in [0.3, 0.4) is 0 Å². The van der Waals surface area contributed by atoms with E-state index in [4.69, 9.17) is 0 Å². The lowest BCUT2D eigenvalue weighted by molar-refractivity contribution is 0.0950. The van der Waals surface area contributed by atoms with Gasteiger partial charge < -0.3 is 0 Å². The van der Waals surface area contributed by atoms with E-state index in [0.29, 0.717) is 5.69 Å². The number of thiophene rings is 1.